The van der Waals surface area contributed by atoms with E-state index in [9.17, 15) is 18.3 Å². The van der Waals surface area contributed by atoms with Gasteiger partial charge in [0.15, 0.2) is 5.82 Å². The minimum atomic E-state index is -4.81. The highest BCUT2D eigenvalue weighted by molar-refractivity contribution is 14.1. The predicted octanol–water partition coefficient (Wildman–Crippen LogP) is 3.32. The molecule has 1 heterocycles. The molecular formula is C35H38IN7O10S2. The molecular weight excluding hydrogens is 869 g/mol. The van der Waals surface area contributed by atoms with Crippen LogP contribution in [0.4, 0.5) is 4.79 Å². The Morgan fingerprint density at radius 2 is 1.31 bits per heavy atom. The van der Waals surface area contributed by atoms with Crippen molar-refractivity contribution in [2.24, 2.45) is 0 Å². The van der Waals surface area contributed by atoms with E-state index < -0.39 is 55.1 Å². The van der Waals surface area contributed by atoms with Crippen molar-refractivity contribution in [3.63, 3.8) is 0 Å². The van der Waals surface area contributed by atoms with Gasteiger partial charge in [0, 0.05) is 29.7 Å². The van der Waals surface area contributed by atoms with Crippen molar-refractivity contribution in [2.45, 2.75) is 35.5 Å². The van der Waals surface area contributed by atoms with Crippen LogP contribution < -0.4 is 24.2 Å². The minimum Gasteiger partial charge on any atom is -0.497 e. The lowest BCUT2D eigenvalue weighted by Crippen LogP contribution is -2.40. The highest BCUT2D eigenvalue weighted by atomic mass is 127. The summed E-state index contributed by atoms with van der Waals surface area (Å²) in [7, 11) is -4.99. The number of aromatic nitrogens is 4. The number of tetrazole rings is 1. The summed E-state index contributed by atoms with van der Waals surface area (Å²) in [5, 5.41) is 33.4. The molecule has 0 unspecified atom stereocenters. The van der Waals surface area contributed by atoms with Gasteiger partial charge in [0.05, 0.1) is 39.5 Å². The summed E-state index contributed by atoms with van der Waals surface area (Å²) >= 11 is 1.91. The van der Waals surface area contributed by atoms with Gasteiger partial charge in [0.2, 0.25) is 20.0 Å². The van der Waals surface area contributed by atoms with E-state index in [0.29, 0.717) is 31.9 Å². The first-order valence-corrected chi connectivity index (χ1v) is 20.4. The van der Waals surface area contributed by atoms with Crippen molar-refractivity contribution >= 4 is 48.7 Å². The van der Waals surface area contributed by atoms with Gasteiger partial charge in [-0.3, -0.25) is 0 Å². The highest BCUT2D eigenvalue weighted by Gasteiger charge is 2.37. The van der Waals surface area contributed by atoms with Crippen LogP contribution in [0.3, 0.4) is 0 Å². The second-order valence-corrected chi connectivity index (χ2v) is 16.7. The maximum Gasteiger partial charge on any atom is 0.404 e. The molecule has 4 N–H and O–H groups in total. The summed E-state index contributed by atoms with van der Waals surface area (Å²) in [6.45, 7) is -1.42. The monoisotopic (exact) mass is 907 g/mol. The van der Waals surface area contributed by atoms with Crippen LogP contribution in [0.2, 0.25) is 0 Å². The summed E-state index contributed by atoms with van der Waals surface area (Å²) < 4.78 is 79.9. The van der Waals surface area contributed by atoms with Gasteiger partial charge in [-0.25, -0.2) is 31.0 Å². The molecule has 1 amide bonds. The molecule has 1 atom stereocenters. The van der Waals surface area contributed by atoms with E-state index in [0.717, 1.165) is 15.9 Å². The number of hydrogen-bond acceptors (Lipinski definition) is 12. The number of aliphatic hydroxyl groups is 1. The fourth-order valence-corrected chi connectivity index (χ4v) is 9.75. The van der Waals surface area contributed by atoms with Crippen LogP contribution >= 0.6 is 22.6 Å². The van der Waals surface area contributed by atoms with E-state index in [1.165, 1.54) is 32.1 Å². The smallest absolute Gasteiger partial charge is 0.404 e. The third-order valence-electron chi connectivity index (χ3n) is 8.24. The van der Waals surface area contributed by atoms with Crippen LogP contribution in [0.15, 0.2) is 94.7 Å². The minimum absolute atomic E-state index is 0.0321. The Balaban J connectivity index is 1.69. The number of rotatable bonds is 18. The van der Waals surface area contributed by atoms with Crippen LogP contribution in [0.25, 0.3) is 11.4 Å². The molecule has 0 aliphatic rings. The average Bonchev–Trinajstić information content (AvgIpc) is 3.64. The quantitative estimate of drug-likeness (QED) is 0.0928. The maximum atomic E-state index is 15.3. The number of amides is 1. The van der Waals surface area contributed by atoms with Gasteiger partial charge in [0.1, 0.15) is 27.0 Å². The summed E-state index contributed by atoms with van der Waals surface area (Å²) in [6.07, 6.45) is -2.90. The number of methoxy groups -OCH3 is 3. The van der Waals surface area contributed by atoms with Crippen LogP contribution in [0.5, 0.6) is 17.2 Å². The van der Waals surface area contributed by atoms with Crippen molar-refractivity contribution in [3.05, 3.63) is 105 Å². The lowest BCUT2D eigenvalue weighted by atomic mass is 10.2. The zero-order chi connectivity index (χ0) is 39.8. The van der Waals surface area contributed by atoms with Crippen molar-refractivity contribution in [3.8, 4) is 28.6 Å². The molecule has 0 aliphatic carbocycles. The lowest BCUT2D eigenvalue weighted by Gasteiger charge is -2.26. The topological polar surface area (TPSA) is 224 Å². The van der Waals surface area contributed by atoms with Crippen molar-refractivity contribution in [2.75, 3.05) is 34.4 Å². The van der Waals surface area contributed by atoms with Gasteiger partial charge in [0.25, 0.3) is 0 Å². The first kappa shape index (κ1) is 41.3. The molecule has 0 aliphatic heterocycles. The number of nitrogens with one attached hydrogen (secondary N) is 2. The average molecular weight is 908 g/mol. The first-order valence-electron chi connectivity index (χ1n) is 16.4. The first-order chi connectivity index (χ1) is 26.2. The van der Waals surface area contributed by atoms with Crippen molar-refractivity contribution < 1.29 is 46.1 Å². The predicted molar refractivity (Wildman–Crippen MR) is 208 cm³/mol. The number of ether oxygens (including phenoxy) is 3. The highest BCUT2D eigenvalue weighted by Crippen LogP contribution is 2.38. The van der Waals surface area contributed by atoms with Gasteiger partial charge < -0.3 is 29.7 Å². The number of sulfonamides is 2. The summed E-state index contributed by atoms with van der Waals surface area (Å²) in [5.74, 6) is 1.69. The fourth-order valence-electron chi connectivity index (χ4n) is 5.39. The molecule has 292 valence electrons. The van der Waals surface area contributed by atoms with E-state index in [-0.39, 0.29) is 31.0 Å². The van der Waals surface area contributed by atoms with Crippen LogP contribution in [-0.2, 0) is 39.7 Å². The van der Waals surface area contributed by atoms with Gasteiger partial charge in [-0.1, -0.05) is 36.4 Å². The maximum absolute atomic E-state index is 15.3. The Kier molecular flexibility index (Phi) is 13.6. The van der Waals surface area contributed by atoms with Gasteiger partial charge in [-0.2, -0.15) is 4.31 Å². The SMILES string of the molecule is COc1ccc(CN(Cc2ccc(OC)cc2)S(=O)(=O)c2c(S(=O)(=O)NC[C@H](O)CNC(=O)O)ccc(I)c2-c2nnnn2Cc2ccc(OC)cc2)cc1. The number of benzene rings is 4. The van der Waals surface area contributed by atoms with Crippen molar-refractivity contribution in [1.82, 2.24) is 34.6 Å². The largest absolute Gasteiger partial charge is 0.497 e. The summed E-state index contributed by atoms with van der Waals surface area (Å²) in [6, 6.07) is 23.2. The van der Waals surface area contributed by atoms with E-state index in [4.69, 9.17) is 19.3 Å². The van der Waals surface area contributed by atoms with Gasteiger partial charge in [-0.15, -0.1) is 5.10 Å². The Morgan fingerprint density at radius 3 is 1.80 bits per heavy atom. The summed E-state index contributed by atoms with van der Waals surface area (Å²) in [5.41, 5.74) is 1.81. The standard InChI is InChI=1S/C35H38IN7O10S2/c1-51-27-10-4-23(5-11-27)20-42(21-24-6-12-28(52-2)13-7-24)55(49,50)33-31(54(47,48)38-19-26(44)18-37-35(45)46)17-16-30(36)32(33)34-39-40-41-43(34)22-25-8-14-29(53-3)15-9-25/h4-17,26,37-38,44H,18-22H2,1-3H3,(H,45,46)/t26-/m1/s1. The third kappa shape index (κ3) is 10.3. The summed E-state index contributed by atoms with van der Waals surface area (Å²) in [4.78, 5) is 9.70. The zero-order valence-electron chi connectivity index (χ0n) is 29.8. The molecule has 0 saturated heterocycles. The molecule has 5 aromatic rings. The number of hydrogen-bond donors (Lipinski definition) is 4. The van der Waals surface area contributed by atoms with Crippen molar-refractivity contribution in [1.29, 1.82) is 0 Å². The van der Waals surface area contributed by atoms with Gasteiger partial charge >= 0.3 is 6.09 Å². The molecule has 0 fully saturated rings. The Morgan fingerprint density at radius 1 is 0.800 bits per heavy atom. The molecule has 0 radical (unpaired) electrons. The molecule has 1 aromatic heterocycles. The van der Waals surface area contributed by atoms with Gasteiger partial charge in [-0.05, 0) is 98.2 Å². The van der Waals surface area contributed by atoms with E-state index >= 15 is 8.42 Å². The molecule has 17 nitrogen and oxygen atoms in total. The lowest BCUT2D eigenvalue weighted by molar-refractivity contribution is 0.159. The van der Waals surface area contributed by atoms with E-state index in [1.54, 1.807) is 72.8 Å². The Bertz CT molecular complexity index is 2260. The Hall–Kier alpha value is -4.87. The molecule has 20 heteroatoms. The van der Waals surface area contributed by atoms with Crippen LogP contribution in [0.1, 0.15) is 16.7 Å². The third-order valence-corrected chi connectivity index (χ3v) is 12.6. The molecule has 4 aromatic carbocycles. The zero-order valence-corrected chi connectivity index (χ0v) is 33.6. The van der Waals surface area contributed by atoms with E-state index in [1.807, 2.05) is 27.9 Å². The fraction of sp³-hybridized carbons (Fsp3) is 0.257. The molecule has 0 spiro atoms. The van der Waals surface area contributed by atoms with Crippen LogP contribution in [0, 0.1) is 3.57 Å². The number of aliphatic hydroxyl groups excluding tert-OH is 1. The molecule has 5 rings (SSSR count). The molecule has 0 bridgehead atoms. The number of nitrogens with zero attached hydrogens (tertiary/aromatic N) is 5. The number of carboxylic acid groups (broad SMARTS) is 1. The second kappa shape index (κ2) is 18.2. The molecule has 55 heavy (non-hydrogen) atoms. The second-order valence-electron chi connectivity index (χ2n) is 11.9. The van der Waals surface area contributed by atoms with Crippen LogP contribution in [-0.4, -0.2) is 98.2 Å². The number of halogens is 1. The number of carbonyl (C=O) groups is 1. The van der Waals surface area contributed by atoms with E-state index in [2.05, 4.69) is 20.2 Å². The molecule has 0 saturated carbocycles. The normalized spacial score (nSPS) is 12.3. The Labute approximate surface area is 331 Å².